The van der Waals surface area contributed by atoms with Gasteiger partial charge in [-0.1, -0.05) is 0 Å². The number of carbonyl (C=O) groups excluding carboxylic acids is 2. The fourth-order valence-corrected chi connectivity index (χ4v) is 3.46. The fourth-order valence-electron chi connectivity index (χ4n) is 3.46. The van der Waals surface area contributed by atoms with Crippen LogP contribution in [0.4, 0.5) is 10.1 Å². The summed E-state index contributed by atoms with van der Waals surface area (Å²) in [7, 11) is 0. The second-order valence-electron chi connectivity index (χ2n) is 7.44. The van der Waals surface area contributed by atoms with E-state index in [2.05, 4.69) is 36.4 Å². The van der Waals surface area contributed by atoms with Crippen molar-refractivity contribution in [2.75, 3.05) is 31.6 Å². The van der Waals surface area contributed by atoms with E-state index < -0.39 is 23.7 Å². The van der Waals surface area contributed by atoms with Gasteiger partial charge in [0, 0.05) is 25.0 Å². The van der Waals surface area contributed by atoms with Gasteiger partial charge >= 0.3 is 0 Å². The molecule has 4 heterocycles. The second kappa shape index (κ2) is 10.2. The topological polar surface area (TPSA) is 121 Å². The largest absolute Gasteiger partial charge is 0.476 e. The Bertz CT molecular complexity index is 993. The maximum absolute atomic E-state index is 13.3. The third-order valence-corrected chi connectivity index (χ3v) is 5.11. The van der Waals surface area contributed by atoms with Crippen LogP contribution in [0.1, 0.15) is 23.2 Å². The van der Waals surface area contributed by atoms with Gasteiger partial charge in [-0.05, 0) is 38.1 Å². The second-order valence-corrected chi connectivity index (χ2v) is 7.44. The van der Waals surface area contributed by atoms with Crippen LogP contribution in [0, 0.1) is 5.82 Å². The first-order chi connectivity index (χ1) is 15.6. The molecule has 2 aliphatic heterocycles. The number of carbonyl (C=O) groups is 2. The van der Waals surface area contributed by atoms with Crippen LogP contribution in [-0.2, 0) is 4.79 Å². The van der Waals surface area contributed by atoms with Gasteiger partial charge in [-0.3, -0.25) is 19.5 Å². The van der Waals surface area contributed by atoms with Gasteiger partial charge in [0.1, 0.15) is 18.5 Å². The molecular formula is C21H24FN7O3. The number of hydrogen-bond acceptors (Lipinski definition) is 8. The minimum Gasteiger partial charge on any atom is -0.476 e. The molecule has 1 saturated heterocycles. The summed E-state index contributed by atoms with van der Waals surface area (Å²) in [4.78, 5) is 35.2. The Balaban J connectivity index is 1.28. The summed E-state index contributed by atoms with van der Waals surface area (Å²) >= 11 is 0. The van der Waals surface area contributed by atoms with Crippen LogP contribution in [0.5, 0.6) is 5.88 Å². The van der Waals surface area contributed by atoms with E-state index >= 15 is 0 Å². The number of ether oxygens (including phenoxy) is 1. The number of hydrazine groups is 1. The van der Waals surface area contributed by atoms with E-state index in [4.69, 9.17) is 4.74 Å². The number of halogens is 1. The molecule has 2 aromatic rings. The van der Waals surface area contributed by atoms with Gasteiger partial charge in [-0.25, -0.2) is 14.8 Å². The minimum absolute atomic E-state index is 0.0430. The Morgan fingerprint density at radius 1 is 1.19 bits per heavy atom. The van der Waals surface area contributed by atoms with Gasteiger partial charge < -0.3 is 20.8 Å². The van der Waals surface area contributed by atoms with Gasteiger partial charge in [0.15, 0.2) is 0 Å². The highest BCUT2D eigenvalue weighted by molar-refractivity contribution is 6.00. The number of hydrogen-bond donors (Lipinski definition) is 4. The van der Waals surface area contributed by atoms with Crippen LogP contribution in [-0.4, -0.2) is 59.0 Å². The van der Waals surface area contributed by atoms with Crippen LogP contribution in [0.25, 0.3) is 0 Å². The maximum atomic E-state index is 13.3. The molecule has 2 amide bonds. The van der Waals surface area contributed by atoms with E-state index in [9.17, 15) is 14.0 Å². The first-order valence-corrected chi connectivity index (χ1v) is 10.3. The molecule has 0 bridgehead atoms. The molecular weight excluding hydrogens is 417 g/mol. The fraction of sp³-hybridized carbons (Fsp3) is 0.333. The summed E-state index contributed by atoms with van der Waals surface area (Å²) in [6, 6.07) is 3.58. The number of aromatic nitrogens is 2. The van der Waals surface area contributed by atoms with Crippen LogP contribution in [0.2, 0.25) is 0 Å². The summed E-state index contributed by atoms with van der Waals surface area (Å²) in [5.74, 6) is -1.13. The maximum Gasteiger partial charge on any atom is 0.257 e. The van der Waals surface area contributed by atoms with Crippen LogP contribution < -0.4 is 26.2 Å². The molecule has 1 atom stereocenters. The van der Waals surface area contributed by atoms with E-state index in [1.54, 1.807) is 12.1 Å². The van der Waals surface area contributed by atoms with Crippen molar-refractivity contribution in [3.05, 3.63) is 60.1 Å². The quantitative estimate of drug-likeness (QED) is 0.474. The Labute approximate surface area is 184 Å². The minimum atomic E-state index is -0.864. The lowest BCUT2D eigenvalue weighted by atomic mass is 10.2. The average molecular weight is 441 g/mol. The van der Waals surface area contributed by atoms with E-state index in [1.807, 2.05) is 0 Å². The predicted octanol–water partition coefficient (Wildman–Crippen LogP) is 0.777. The van der Waals surface area contributed by atoms with Gasteiger partial charge in [-0.15, -0.1) is 0 Å². The van der Waals surface area contributed by atoms with Crippen molar-refractivity contribution in [3.8, 4) is 5.88 Å². The molecule has 4 rings (SSSR count). The molecule has 2 aromatic heterocycles. The van der Waals surface area contributed by atoms with Crippen molar-refractivity contribution in [2.24, 2.45) is 0 Å². The molecule has 32 heavy (non-hydrogen) atoms. The first-order valence-electron chi connectivity index (χ1n) is 10.3. The van der Waals surface area contributed by atoms with Crippen molar-refractivity contribution in [3.63, 3.8) is 0 Å². The van der Waals surface area contributed by atoms with Gasteiger partial charge in [0.05, 0.1) is 29.3 Å². The van der Waals surface area contributed by atoms with Crippen LogP contribution in [0.3, 0.4) is 0 Å². The summed E-state index contributed by atoms with van der Waals surface area (Å²) in [6.07, 6.45) is 7.67. The Morgan fingerprint density at radius 3 is 2.78 bits per heavy atom. The lowest BCUT2D eigenvalue weighted by Gasteiger charge is -2.16. The highest BCUT2D eigenvalue weighted by Crippen LogP contribution is 2.14. The molecule has 1 unspecified atom stereocenters. The normalized spacial score (nSPS) is 18.0. The molecule has 0 aliphatic carbocycles. The molecule has 11 heteroatoms. The Hall–Kier alpha value is -3.57. The highest BCUT2D eigenvalue weighted by atomic mass is 19.1. The van der Waals surface area contributed by atoms with E-state index in [-0.39, 0.29) is 11.3 Å². The zero-order chi connectivity index (χ0) is 22.3. The number of likely N-dealkylation sites (tertiary alicyclic amines) is 1. The molecule has 0 saturated carbocycles. The molecule has 0 spiro atoms. The van der Waals surface area contributed by atoms with Crippen molar-refractivity contribution < 1.29 is 18.7 Å². The zero-order valence-electron chi connectivity index (χ0n) is 17.3. The Kier molecular flexibility index (Phi) is 6.87. The van der Waals surface area contributed by atoms with Crippen molar-refractivity contribution >= 4 is 17.5 Å². The van der Waals surface area contributed by atoms with E-state index in [1.165, 1.54) is 31.4 Å². The monoisotopic (exact) mass is 441 g/mol. The number of amides is 2. The molecule has 168 valence electrons. The number of nitrogens with one attached hydrogen (secondary N) is 4. The van der Waals surface area contributed by atoms with E-state index in [0.29, 0.717) is 18.2 Å². The lowest BCUT2D eigenvalue weighted by molar-refractivity contribution is -0.117. The van der Waals surface area contributed by atoms with Gasteiger partial charge in [0.25, 0.3) is 5.91 Å². The highest BCUT2D eigenvalue weighted by Gasteiger charge is 2.28. The first kappa shape index (κ1) is 21.7. The summed E-state index contributed by atoms with van der Waals surface area (Å²) in [5.41, 5.74) is 6.26. The average Bonchev–Trinajstić information content (AvgIpc) is 3.47. The summed E-state index contributed by atoms with van der Waals surface area (Å²) < 4.78 is 19.0. The molecule has 4 N–H and O–H groups in total. The zero-order valence-corrected chi connectivity index (χ0v) is 17.3. The molecule has 2 aliphatic rings. The third kappa shape index (κ3) is 5.56. The number of anilines is 1. The molecule has 10 nitrogen and oxygen atoms in total. The smallest absolute Gasteiger partial charge is 0.257 e. The van der Waals surface area contributed by atoms with Gasteiger partial charge in [-0.2, -0.15) is 0 Å². The number of rotatable bonds is 8. The van der Waals surface area contributed by atoms with Crippen LogP contribution in [0.15, 0.2) is 48.7 Å². The predicted molar refractivity (Wildman–Crippen MR) is 114 cm³/mol. The molecule has 0 radical (unpaired) electrons. The third-order valence-electron chi connectivity index (χ3n) is 5.11. The molecule has 1 fully saturated rings. The standard InChI is InChI=1S/C21H24FN7O3/c22-15-9-14(10-23-11-15)20(30)27-17-13-25-28-19(17)21(31)26-16-3-4-18(24-12-16)32-8-7-29-5-1-2-6-29/h3-4,9-13,19,25,28H,1-2,5-8H2,(H,26,31)(H,27,30). The van der Waals surface area contributed by atoms with Crippen LogP contribution >= 0.6 is 0 Å². The summed E-state index contributed by atoms with van der Waals surface area (Å²) in [5, 5.41) is 5.32. The van der Waals surface area contributed by atoms with Crippen molar-refractivity contribution in [2.45, 2.75) is 18.9 Å². The van der Waals surface area contributed by atoms with Crippen molar-refractivity contribution in [1.29, 1.82) is 0 Å². The number of pyridine rings is 2. The number of nitrogens with zero attached hydrogens (tertiary/aromatic N) is 3. The van der Waals surface area contributed by atoms with Crippen molar-refractivity contribution in [1.82, 2.24) is 31.0 Å². The lowest BCUT2D eigenvalue weighted by Crippen LogP contribution is -2.45. The van der Waals surface area contributed by atoms with E-state index in [0.717, 1.165) is 31.9 Å². The van der Waals surface area contributed by atoms with Gasteiger partial charge in [0.2, 0.25) is 11.8 Å². The molecule has 0 aromatic carbocycles. The summed E-state index contributed by atoms with van der Waals surface area (Å²) in [6.45, 7) is 3.65. The SMILES string of the molecule is O=C(NC1=CNNC1C(=O)Nc1ccc(OCCN2CCCC2)nc1)c1cncc(F)c1. The Morgan fingerprint density at radius 2 is 2.03 bits per heavy atom.